The van der Waals surface area contributed by atoms with Crippen molar-refractivity contribution in [2.45, 2.75) is 43.7 Å². The lowest BCUT2D eigenvalue weighted by Gasteiger charge is -2.29. The third-order valence-corrected chi connectivity index (χ3v) is 3.91. The van der Waals surface area contributed by atoms with E-state index < -0.39 is 0 Å². The Morgan fingerprint density at radius 3 is 2.69 bits per heavy atom. The number of nitrogens with one attached hydrogen (secondary N) is 1. The Hall–Kier alpha value is -1.09. The van der Waals surface area contributed by atoms with Crippen LogP contribution < -0.4 is 10.1 Å². The predicted molar refractivity (Wildman–Crippen MR) is 62.7 cm³/mol. The van der Waals surface area contributed by atoms with Crippen LogP contribution in [-0.2, 0) is 0 Å². The summed E-state index contributed by atoms with van der Waals surface area (Å²) >= 11 is 0. The summed E-state index contributed by atoms with van der Waals surface area (Å²) in [4.78, 5) is 4.26. The molecule has 3 heterocycles. The molecule has 2 atom stereocenters. The van der Waals surface area contributed by atoms with Gasteiger partial charge in [-0.15, -0.1) is 0 Å². The van der Waals surface area contributed by atoms with Gasteiger partial charge in [0.1, 0.15) is 5.75 Å². The average molecular weight is 218 g/mol. The van der Waals surface area contributed by atoms with Crippen LogP contribution in [0.4, 0.5) is 0 Å². The van der Waals surface area contributed by atoms with Gasteiger partial charge in [0, 0.05) is 18.3 Å². The van der Waals surface area contributed by atoms with Crippen LogP contribution in [0.3, 0.4) is 0 Å². The van der Waals surface area contributed by atoms with Gasteiger partial charge in [-0.1, -0.05) is 0 Å². The van der Waals surface area contributed by atoms with Gasteiger partial charge in [-0.2, -0.15) is 0 Å². The van der Waals surface area contributed by atoms with Crippen molar-refractivity contribution in [1.29, 1.82) is 0 Å². The second-order valence-electron chi connectivity index (χ2n) is 4.96. The summed E-state index contributed by atoms with van der Waals surface area (Å²) in [5.41, 5.74) is 1.35. The summed E-state index contributed by atoms with van der Waals surface area (Å²) in [5, 5.41) is 3.67. The van der Waals surface area contributed by atoms with Gasteiger partial charge in [-0.3, -0.25) is 4.98 Å². The minimum absolute atomic E-state index is 0.668. The molecule has 0 saturated carbocycles. The highest BCUT2D eigenvalue weighted by Crippen LogP contribution is 2.37. The number of fused-ring (bicyclic) bond motifs is 2. The second-order valence-corrected chi connectivity index (χ2v) is 4.96. The topological polar surface area (TPSA) is 34.1 Å². The molecule has 1 aromatic rings. The van der Waals surface area contributed by atoms with E-state index in [4.69, 9.17) is 4.74 Å². The van der Waals surface area contributed by atoms with E-state index in [1.54, 1.807) is 13.3 Å². The van der Waals surface area contributed by atoms with Crippen molar-refractivity contribution in [1.82, 2.24) is 10.3 Å². The van der Waals surface area contributed by atoms with E-state index in [9.17, 15) is 0 Å². The van der Waals surface area contributed by atoms with Crippen molar-refractivity contribution in [3.63, 3.8) is 0 Å². The van der Waals surface area contributed by atoms with E-state index in [0.717, 1.165) is 17.8 Å². The first kappa shape index (κ1) is 10.1. The molecule has 1 aromatic heterocycles. The molecular weight excluding hydrogens is 200 g/mol. The first-order valence-corrected chi connectivity index (χ1v) is 6.10. The van der Waals surface area contributed by atoms with Crippen LogP contribution >= 0.6 is 0 Å². The molecular formula is C13H18N2O. The monoisotopic (exact) mass is 218 g/mol. The summed E-state index contributed by atoms with van der Waals surface area (Å²) in [6.45, 7) is 0. The molecule has 0 aromatic carbocycles. The molecule has 0 radical (unpaired) electrons. The molecule has 0 amide bonds. The fraction of sp³-hybridized carbons (Fsp3) is 0.615. The number of hydrogen-bond acceptors (Lipinski definition) is 3. The minimum atomic E-state index is 0.668. The van der Waals surface area contributed by atoms with Crippen molar-refractivity contribution < 1.29 is 4.74 Å². The van der Waals surface area contributed by atoms with Gasteiger partial charge < -0.3 is 10.1 Å². The number of ether oxygens (including phenoxy) is 1. The molecule has 2 fully saturated rings. The van der Waals surface area contributed by atoms with Crippen LogP contribution in [-0.4, -0.2) is 24.2 Å². The van der Waals surface area contributed by atoms with E-state index in [1.165, 1.54) is 31.2 Å². The maximum absolute atomic E-state index is 5.24. The first-order chi connectivity index (χ1) is 7.85. The zero-order chi connectivity index (χ0) is 11.0. The predicted octanol–water partition coefficient (Wildman–Crippen LogP) is 2.09. The Kier molecular flexibility index (Phi) is 2.56. The third-order valence-electron chi connectivity index (χ3n) is 3.91. The number of methoxy groups -OCH3 is 1. The van der Waals surface area contributed by atoms with Gasteiger partial charge in [-0.25, -0.2) is 0 Å². The summed E-state index contributed by atoms with van der Waals surface area (Å²) in [6, 6.07) is 3.60. The van der Waals surface area contributed by atoms with Gasteiger partial charge in [0.25, 0.3) is 0 Å². The lowest BCUT2D eigenvalue weighted by atomic mass is 9.87. The van der Waals surface area contributed by atoms with E-state index in [2.05, 4.69) is 16.4 Å². The van der Waals surface area contributed by atoms with E-state index in [1.807, 2.05) is 6.20 Å². The maximum Gasteiger partial charge on any atom is 0.137 e. The number of aromatic nitrogens is 1. The van der Waals surface area contributed by atoms with Gasteiger partial charge in [0.15, 0.2) is 0 Å². The average Bonchev–Trinajstić information content (AvgIpc) is 2.68. The molecule has 2 unspecified atom stereocenters. The van der Waals surface area contributed by atoms with Crippen molar-refractivity contribution in [2.24, 2.45) is 0 Å². The lowest BCUT2D eigenvalue weighted by molar-refractivity contribution is 0.360. The minimum Gasteiger partial charge on any atom is -0.495 e. The van der Waals surface area contributed by atoms with Gasteiger partial charge in [-0.05, 0) is 43.2 Å². The summed E-state index contributed by atoms with van der Waals surface area (Å²) in [5.74, 6) is 1.55. The fourth-order valence-electron chi connectivity index (χ4n) is 3.10. The largest absolute Gasteiger partial charge is 0.495 e. The summed E-state index contributed by atoms with van der Waals surface area (Å²) in [7, 11) is 1.70. The van der Waals surface area contributed by atoms with Crippen LogP contribution in [0.5, 0.6) is 5.75 Å². The standard InChI is InChI=1S/C13H18N2O/c1-16-13-6-10(7-14-8-13)9-4-11-2-3-12(5-9)15-11/h6-9,11-12,15H,2-5H2,1H3. The molecule has 0 spiro atoms. The van der Waals surface area contributed by atoms with Crippen LogP contribution in [0.1, 0.15) is 37.2 Å². The Balaban J connectivity index is 1.81. The van der Waals surface area contributed by atoms with Crippen LogP contribution in [0.15, 0.2) is 18.5 Å². The lowest BCUT2D eigenvalue weighted by Crippen LogP contribution is -2.37. The molecule has 2 aliphatic heterocycles. The molecule has 1 N–H and O–H groups in total. The number of pyridine rings is 1. The van der Waals surface area contributed by atoms with Crippen molar-refractivity contribution >= 4 is 0 Å². The summed E-state index contributed by atoms with van der Waals surface area (Å²) < 4.78 is 5.24. The third kappa shape index (κ3) is 1.80. The molecule has 3 rings (SSSR count). The Labute approximate surface area is 96.2 Å². The first-order valence-electron chi connectivity index (χ1n) is 6.10. The number of rotatable bonds is 2. The molecule has 3 nitrogen and oxygen atoms in total. The molecule has 3 heteroatoms. The SMILES string of the molecule is COc1cncc(C2CC3CCC(C2)N3)c1. The molecule has 86 valence electrons. The molecule has 0 aliphatic carbocycles. The maximum atomic E-state index is 5.24. The molecule has 2 saturated heterocycles. The number of nitrogens with zero attached hydrogens (tertiary/aromatic N) is 1. The van der Waals surface area contributed by atoms with Crippen molar-refractivity contribution in [3.8, 4) is 5.75 Å². The molecule has 16 heavy (non-hydrogen) atoms. The van der Waals surface area contributed by atoms with E-state index >= 15 is 0 Å². The highest BCUT2D eigenvalue weighted by molar-refractivity contribution is 5.27. The fourth-order valence-corrected chi connectivity index (χ4v) is 3.10. The zero-order valence-electron chi connectivity index (χ0n) is 9.65. The molecule has 2 aliphatic rings. The van der Waals surface area contributed by atoms with Crippen molar-refractivity contribution in [2.75, 3.05) is 7.11 Å². The van der Waals surface area contributed by atoms with E-state index in [-0.39, 0.29) is 0 Å². The van der Waals surface area contributed by atoms with Crippen LogP contribution in [0, 0.1) is 0 Å². The molecule has 2 bridgehead atoms. The second kappa shape index (κ2) is 4.06. The van der Waals surface area contributed by atoms with Gasteiger partial charge in [0.2, 0.25) is 0 Å². The van der Waals surface area contributed by atoms with Crippen molar-refractivity contribution in [3.05, 3.63) is 24.0 Å². The smallest absolute Gasteiger partial charge is 0.137 e. The van der Waals surface area contributed by atoms with Gasteiger partial charge >= 0.3 is 0 Å². The van der Waals surface area contributed by atoms with Crippen LogP contribution in [0.2, 0.25) is 0 Å². The highest BCUT2D eigenvalue weighted by Gasteiger charge is 2.34. The Morgan fingerprint density at radius 2 is 2.00 bits per heavy atom. The Morgan fingerprint density at radius 1 is 1.25 bits per heavy atom. The zero-order valence-corrected chi connectivity index (χ0v) is 9.65. The Bertz CT molecular complexity index is 368. The van der Waals surface area contributed by atoms with Crippen LogP contribution in [0.25, 0.3) is 0 Å². The number of hydrogen-bond donors (Lipinski definition) is 1. The van der Waals surface area contributed by atoms with Gasteiger partial charge in [0.05, 0.1) is 13.3 Å². The normalized spacial score (nSPS) is 32.7. The summed E-state index contributed by atoms with van der Waals surface area (Å²) in [6.07, 6.45) is 8.98. The number of piperidine rings is 1. The highest BCUT2D eigenvalue weighted by atomic mass is 16.5. The quantitative estimate of drug-likeness (QED) is 0.825. The van der Waals surface area contributed by atoms with E-state index in [0.29, 0.717) is 5.92 Å².